The molecule has 10 heteroatoms. The first-order chi connectivity index (χ1) is 14.4. The molecule has 0 spiro atoms. The van der Waals surface area contributed by atoms with Crippen LogP contribution in [0, 0.1) is 29.6 Å². The van der Waals surface area contributed by atoms with E-state index in [1.807, 2.05) is 11.4 Å². The maximum atomic E-state index is 13.2. The average Bonchev–Trinajstić information content (AvgIpc) is 3.48. The number of amides is 2. The Morgan fingerprint density at radius 2 is 1.97 bits per heavy atom. The van der Waals surface area contributed by atoms with Gasteiger partial charge in [0.05, 0.1) is 16.9 Å². The molecular formula is C20H18N2O5S3. The number of rotatable bonds is 3. The number of nitrogens with zero attached hydrogens (tertiary/aromatic N) is 1. The summed E-state index contributed by atoms with van der Waals surface area (Å²) in [6, 6.07) is 2.94. The number of aliphatic carboxylic acids is 1. The smallest absolute Gasteiger partial charge is 0.326 e. The minimum Gasteiger partial charge on any atom is -0.480 e. The molecule has 0 aromatic carbocycles. The van der Waals surface area contributed by atoms with Crippen LogP contribution in [-0.2, 0) is 14.4 Å². The number of thioether (sulfide) groups is 1. The molecule has 2 aliphatic heterocycles. The molecule has 2 bridgehead atoms. The van der Waals surface area contributed by atoms with E-state index in [-0.39, 0.29) is 45.6 Å². The fraction of sp³-hybridized carbons (Fsp3) is 0.500. The SMILES string of the molecule is C[C@H](C(=O)O)N1C(=O)[C@H]2[C@@H]3C[C@@H]([C@@H]2C1=O)[C@H]1[C@H](c2cccs2)c2sc(=O)[nH]c2S[C@H]31. The van der Waals surface area contributed by atoms with Gasteiger partial charge in [-0.1, -0.05) is 17.4 Å². The monoisotopic (exact) mass is 462 g/mol. The van der Waals surface area contributed by atoms with Crippen LogP contribution in [0.4, 0.5) is 0 Å². The van der Waals surface area contributed by atoms with Crippen LogP contribution in [0.3, 0.4) is 0 Å². The number of carbonyl (C=O) groups is 3. The van der Waals surface area contributed by atoms with Crippen LogP contribution in [0.25, 0.3) is 0 Å². The molecule has 0 unspecified atom stereocenters. The minimum absolute atomic E-state index is 0.0245. The van der Waals surface area contributed by atoms with E-state index in [0.29, 0.717) is 0 Å². The summed E-state index contributed by atoms with van der Waals surface area (Å²) >= 11 is 4.54. The van der Waals surface area contributed by atoms with Gasteiger partial charge in [0.25, 0.3) is 0 Å². The van der Waals surface area contributed by atoms with Crippen molar-refractivity contribution in [3.8, 4) is 0 Å². The van der Waals surface area contributed by atoms with Crippen molar-refractivity contribution in [2.45, 2.75) is 35.6 Å². The number of thiazole rings is 1. The second-order valence-electron chi connectivity index (χ2n) is 8.54. The van der Waals surface area contributed by atoms with Crippen LogP contribution in [0.5, 0.6) is 0 Å². The lowest BCUT2D eigenvalue weighted by molar-refractivity contribution is -0.154. The quantitative estimate of drug-likeness (QED) is 0.679. The molecule has 2 aromatic heterocycles. The van der Waals surface area contributed by atoms with E-state index in [2.05, 4.69) is 11.1 Å². The van der Waals surface area contributed by atoms with E-state index >= 15 is 0 Å². The van der Waals surface area contributed by atoms with E-state index in [1.54, 1.807) is 23.1 Å². The van der Waals surface area contributed by atoms with Gasteiger partial charge in [-0.2, -0.15) is 0 Å². The number of carboxylic acids is 1. The molecule has 0 radical (unpaired) electrons. The van der Waals surface area contributed by atoms with Crippen LogP contribution < -0.4 is 4.87 Å². The number of aromatic nitrogens is 1. The minimum atomic E-state index is -1.16. The van der Waals surface area contributed by atoms with E-state index in [1.165, 1.54) is 23.1 Å². The van der Waals surface area contributed by atoms with Crippen LogP contribution in [0.2, 0.25) is 0 Å². The lowest BCUT2D eigenvalue weighted by Gasteiger charge is -2.42. The highest BCUT2D eigenvalue weighted by Gasteiger charge is 2.70. The number of hydrogen-bond acceptors (Lipinski definition) is 7. The summed E-state index contributed by atoms with van der Waals surface area (Å²) in [4.78, 5) is 56.1. The average molecular weight is 463 g/mol. The van der Waals surface area contributed by atoms with E-state index in [4.69, 9.17) is 0 Å². The number of aromatic amines is 1. The Labute approximate surface area is 183 Å². The molecule has 6 rings (SSSR count). The molecule has 2 aliphatic carbocycles. The first-order valence-electron chi connectivity index (χ1n) is 9.91. The summed E-state index contributed by atoms with van der Waals surface area (Å²) in [5.41, 5.74) is 0. The Bertz CT molecular complexity index is 1140. The van der Waals surface area contributed by atoms with Gasteiger partial charge in [-0.05, 0) is 42.5 Å². The summed E-state index contributed by atoms with van der Waals surface area (Å²) < 4.78 is 0. The molecule has 2 amide bonds. The highest BCUT2D eigenvalue weighted by molar-refractivity contribution is 8.00. The zero-order chi connectivity index (χ0) is 20.9. The molecule has 3 fully saturated rings. The molecule has 4 aliphatic rings. The molecule has 1 saturated heterocycles. The van der Waals surface area contributed by atoms with Crippen molar-refractivity contribution in [1.82, 2.24) is 9.88 Å². The molecule has 4 heterocycles. The molecule has 30 heavy (non-hydrogen) atoms. The molecule has 156 valence electrons. The number of nitrogens with one attached hydrogen (secondary N) is 1. The van der Waals surface area contributed by atoms with Gasteiger partial charge in [-0.3, -0.25) is 19.3 Å². The largest absolute Gasteiger partial charge is 0.480 e. The van der Waals surface area contributed by atoms with Gasteiger partial charge in [-0.25, -0.2) is 4.79 Å². The maximum Gasteiger partial charge on any atom is 0.326 e. The van der Waals surface area contributed by atoms with Crippen LogP contribution >= 0.6 is 34.4 Å². The van der Waals surface area contributed by atoms with Crippen LogP contribution in [-0.4, -0.2) is 44.1 Å². The van der Waals surface area contributed by atoms with Gasteiger partial charge in [0.15, 0.2) is 0 Å². The number of carbonyl (C=O) groups excluding carboxylic acids is 2. The van der Waals surface area contributed by atoms with Crippen molar-refractivity contribution in [2.24, 2.45) is 29.6 Å². The fourth-order valence-corrected chi connectivity index (χ4v) is 10.2. The summed E-state index contributed by atoms with van der Waals surface area (Å²) in [5, 5.41) is 12.4. The number of hydrogen-bond donors (Lipinski definition) is 2. The van der Waals surface area contributed by atoms with Gasteiger partial charge in [0.2, 0.25) is 11.8 Å². The van der Waals surface area contributed by atoms with Crippen molar-refractivity contribution in [3.63, 3.8) is 0 Å². The number of fused-ring (bicyclic) bond motifs is 9. The zero-order valence-electron chi connectivity index (χ0n) is 15.8. The second kappa shape index (κ2) is 6.30. The number of carboxylic acid groups (broad SMARTS) is 1. The first-order valence-corrected chi connectivity index (χ1v) is 12.5. The van der Waals surface area contributed by atoms with E-state index < -0.39 is 23.8 Å². The van der Waals surface area contributed by atoms with Crippen molar-refractivity contribution < 1.29 is 19.5 Å². The van der Waals surface area contributed by atoms with Gasteiger partial charge in [-0.15, -0.1) is 23.1 Å². The van der Waals surface area contributed by atoms with Crippen LogP contribution in [0.15, 0.2) is 27.3 Å². The normalized spacial score (nSPS) is 37.2. The Balaban J connectivity index is 1.45. The molecule has 7 nitrogen and oxygen atoms in total. The maximum absolute atomic E-state index is 13.2. The fourth-order valence-electron chi connectivity index (χ4n) is 6.32. The van der Waals surface area contributed by atoms with E-state index in [9.17, 15) is 24.3 Å². The number of thiophene rings is 1. The standard InChI is InChI=1S/C20H18N2O5S3/c1-6(19(25)26)22-17(23)11-7-5-8(12(11)18(22)24)14-10(7)13(9-3-2-4-28-9)15-16(29-14)21-20(27)30-15/h2-4,6-8,10-14H,5H2,1H3,(H,21,27)(H,25,26)/t6-,7-,8+,10+,11+,12+,13+,14-/m1/s1. The van der Waals surface area contributed by atoms with Crippen molar-refractivity contribution in [1.29, 1.82) is 0 Å². The predicted molar refractivity (Wildman–Crippen MR) is 112 cm³/mol. The van der Waals surface area contributed by atoms with Gasteiger partial charge in [0.1, 0.15) is 6.04 Å². The highest BCUT2D eigenvalue weighted by Crippen LogP contribution is 2.68. The summed E-state index contributed by atoms with van der Waals surface area (Å²) in [6.45, 7) is 1.40. The molecule has 2 saturated carbocycles. The number of H-pyrrole nitrogens is 1. The lowest BCUT2D eigenvalue weighted by Crippen LogP contribution is -2.44. The Morgan fingerprint density at radius 1 is 1.23 bits per heavy atom. The Morgan fingerprint density at radius 3 is 2.63 bits per heavy atom. The number of likely N-dealkylation sites (tertiary alicyclic amines) is 1. The van der Waals surface area contributed by atoms with Crippen molar-refractivity contribution in [2.75, 3.05) is 0 Å². The highest BCUT2D eigenvalue weighted by atomic mass is 32.2. The molecule has 2 N–H and O–H groups in total. The molecular weight excluding hydrogens is 444 g/mol. The lowest BCUT2D eigenvalue weighted by atomic mass is 9.69. The molecule has 2 aromatic rings. The summed E-state index contributed by atoms with van der Waals surface area (Å²) in [6.07, 6.45) is 0.811. The topological polar surface area (TPSA) is 108 Å². The summed E-state index contributed by atoms with van der Waals surface area (Å²) in [5.74, 6) is -2.44. The third-order valence-electron chi connectivity index (χ3n) is 7.35. The molecule has 8 atom stereocenters. The Kier molecular flexibility index (Phi) is 3.96. The van der Waals surface area contributed by atoms with Crippen molar-refractivity contribution in [3.05, 3.63) is 36.9 Å². The number of imide groups is 1. The Hall–Kier alpha value is -1.91. The summed E-state index contributed by atoms with van der Waals surface area (Å²) in [7, 11) is 0. The van der Waals surface area contributed by atoms with Gasteiger partial charge < -0.3 is 10.1 Å². The van der Waals surface area contributed by atoms with Crippen molar-refractivity contribution >= 4 is 52.2 Å². The third kappa shape index (κ3) is 2.27. The van der Waals surface area contributed by atoms with Gasteiger partial charge in [0, 0.05) is 20.9 Å². The predicted octanol–water partition coefficient (Wildman–Crippen LogP) is 2.44. The first kappa shape index (κ1) is 18.8. The third-order valence-corrected chi connectivity index (χ3v) is 10.9. The van der Waals surface area contributed by atoms with Crippen LogP contribution in [0.1, 0.15) is 29.0 Å². The van der Waals surface area contributed by atoms with E-state index in [0.717, 1.165) is 21.2 Å². The second-order valence-corrected chi connectivity index (χ2v) is 11.7. The zero-order valence-corrected chi connectivity index (χ0v) is 18.3. The van der Waals surface area contributed by atoms with Gasteiger partial charge >= 0.3 is 10.8 Å².